The summed E-state index contributed by atoms with van der Waals surface area (Å²) in [6.45, 7) is 11.1. The number of carbonyl (C=O) groups excluding carboxylic acids is 2. The topological polar surface area (TPSA) is 136 Å². The van der Waals surface area contributed by atoms with Crippen LogP contribution in [0.1, 0.15) is 26.7 Å². The first-order chi connectivity index (χ1) is 11.7. The van der Waals surface area contributed by atoms with Crippen LogP contribution in [0.4, 0.5) is 0 Å². The van der Waals surface area contributed by atoms with E-state index in [-0.39, 0.29) is 30.0 Å². The Kier molecular flexibility index (Phi) is 14.4. The first kappa shape index (κ1) is 24.5. The molecule has 0 atom stereocenters. The zero-order valence-electron chi connectivity index (χ0n) is 14.8. The van der Waals surface area contributed by atoms with Crippen molar-refractivity contribution in [3.05, 3.63) is 48.6 Å². The fraction of sp³-hybridized carbons (Fsp3) is 0.333. The van der Waals surface area contributed by atoms with Crippen LogP contribution in [0.25, 0.3) is 0 Å². The predicted octanol–water partition coefficient (Wildman–Crippen LogP) is 1.99. The van der Waals surface area contributed by atoms with Crippen molar-refractivity contribution < 1.29 is 24.5 Å². The van der Waals surface area contributed by atoms with E-state index in [1.165, 1.54) is 12.1 Å². The molecule has 1 rings (SSSR count). The highest BCUT2D eigenvalue weighted by atomic mass is 16.5. The van der Waals surface area contributed by atoms with E-state index in [9.17, 15) is 9.59 Å². The molecule has 6 N–H and O–H groups in total. The Morgan fingerprint density at radius 1 is 1.16 bits per heavy atom. The van der Waals surface area contributed by atoms with Gasteiger partial charge in [-0.05, 0) is 25.5 Å². The molecule has 0 heterocycles. The van der Waals surface area contributed by atoms with Crippen molar-refractivity contribution in [3.63, 3.8) is 0 Å². The number of nitrogens with two attached hydrogens (primary N) is 2. The van der Waals surface area contributed by atoms with E-state index in [0.29, 0.717) is 17.7 Å². The maximum absolute atomic E-state index is 10.5. The lowest BCUT2D eigenvalue weighted by molar-refractivity contribution is -0.138. The molecule has 0 radical (unpaired) electrons. The van der Waals surface area contributed by atoms with Gasteiger partial charge in [0, 0.05) is 17.7 Å². The van der Waals surface area contributed by atoms with Crippen molar-refractivity contribution >= 4 is 11.9 Å². The molecule has 0 aliphatic heterocycles. The minimum absolute atomic E-state index is 0.0764. The molecular formula is C18H28N2O5. The number of hydrogen-bond acceptors (Lipinski definition) is 6. The van der Waals surface area contributed by atoms with Crippen LogP contribution < -0.4 is 11.5 Å². The van der Waals surface area contributed by atoms with E-state index in [1.54, 1.807) is 19.1 Å². The third kappa shape index (κ3) is 14.5. The van der Waals surface area contributed by atoms with Crippen LogP contribution in [0, 0.1) is 0 Å². The Bertz CT molecular complexity index is 549. The Morgan fingerprint density at radius 3 is 1.88 bits per heavy atom. The zero-order valence-corrected chi connectivity index (χ0v) is 14.8. The van der Waals surface area contributed by atoms with E-state index < -0.39 is 0 Å². The molecule has 0 aromatic heterocycles. The second kappa shape index (κ2) is 14.8. The summed E-state index contributed by atoms with van der Waals surface area (Å²) in [5.41, 5.74) is 10.9. The van der Waals surface area contributed by atoms with Crippen molar-refractivity contribution in [1.82, 2.24) is 0 Å². The zero-order chi connectivity index (χ0) is 19.8. The van der Waals surface area contributed by atoms with Crippen molar-refractivity contribution in [2.24, 2.45) is 11.5 Å². The maximum atomic E-state index is 10.5. The first-order valence-corrected chi connectivity index (χ1v) is 7.64. The van der Waals surface area contributed by atoms with Gasteiger partial charge in [-0.15, -0.1) is 0 Å². The third-order valence-corrected chi connectivity index (χ3v) is 2.48. The summed E-state index contributed by atoms with van der Waals surface area (Å²) >= 11 is 0. The SMILES string of the molecule is C=C(C)C(=O)OCCN.C=C(CCC)C(N)=O.Oc1ccccc1O. The molecule has 1 aromatic carbocycles. The largest absolute Gasteiger partial charge is 0.504 e. The van der Waals surface area contributed by atoms with Crippen LogP contribution in [-0.4, -0.2) is 35.2 Å². The molecule has 1 amide bonds. The van der Waals surface area contributed by atoms with E-state index in [0.717, 1.165) is 12.8 Å². The van der Waals surface area contributed by atoms with Crippen LogP contribution >= 0.6 is 0 Å². The minimum atomic E-state index is -0.383. The van der Waals surface area contributed by atoms with Gasteiger partial charge in [0.15, 0.2) is 11.5 Å². The number of phenolic OH excluding ortho intramolecular Hbond substituents is 2. The summed E-state index contributed by atoms with van der Waals surface area (Å²) in [4.78, 5) is 20.7. The van der Waals surface area contributed by atoms with Crippen LogP contribution in [0.15, 0.2) is 48.6 Å². The standard InChI is InChI=1S/C6H11NO2.C6H11NO.C6H6O2/c1-5(2)6(8)9-4-3-7;1-3-4-5(2)6(7)8;7-5-3-1-2-4-6(5)8/h1,3-4,7H2,2H3;2-4H2,1H3,(H2,7,8);1-4,7-8H. The van der Waals surface area contributed by atoms with E-state index in [4.69, 9.17) is 21.7 Å². The maximum Gasteiger partial charge on any atom is 0.333 e. The predicted molar refractivity (Wildman–Crippen MR) is 97.8 cm³/mol. The van der Waals surface area contributed by atoms with E-state index in [1.807, 2.05) is 6.92 Å². The molecule has 0 saturated carbocycles. The molecule has 7 heteroatoms. The quantitative estimate of drug-likeness (QED) is 0.351. The van der Waals surface area contributed by atoms with Gasteiger partial charge in [0.1, 0.15) is 6.61 Å². The summed E-state index contributed by atoms with van der Waals surface area (Å²) in [5, 5.41) is 17.3. The van der Waals surface area contributed by atoms with Crippen molar-refractivity contribution in [3.8, 4) is 11.5 Å². The molecule has 0 aliphatic carbocycles. The van der Waals surface area contributed by atoms with Gasteiger partial charge in [0.25, 0.3) is 0 Å². The Hall–Kier alpha value is -2.80. The van der Waals surface area contributed by atoms with Gasteiger partial charge in [0.05, 0.1) is 0 Å². The molecule has 0 saturated heterocycles. The molecule has 0 aliphatic rings. The first-order valence-electron chi connectivity index (χ1n) is 7.64. The fourth-order valence-electron chi connectivity index (χ4n) is 1.16. The number of phenols is 2. The summed E-state index contributed by atoms with van der Waals surface area (Å²) in [7, 11) is 0. The van der Waals surface area contributed by atoms with Crippen LogP contribution in [-0.2, 0) is 14.3 Å². The number of para-hydroxylation sites is 2. The molecule has 1 aromatic rings. The van der Waals surface area contributed by atoms with Gasteiger partial charge < -0.3 is 26.4 Å². The van der Waals surface area contributed by atoms with Crippen molar-refractivity contribution in [2.75, 3.05) is 13.2 Å². The number of carbonyl (C=O) groups is 2. The van der Waals surface area contributed by atoms with Crippen molar-refractivity contribution in [2.45, 2.75) is 26.7 Å². The number of esters is 1. The average molecular weight is 352 g/mol. The second-order valence-electron chi connectivity index (χ2n) is 4.91. The molecule has 0 unspecified atom stereocenters. The molecule has 0 fully saturated rings. The van der Waals surface area contributed by atoms with Crippen LogP contribution in [0.2, 0.25) is 0 Å². The summed E-state index contributed by atoms with van der Waals surface area (Å²) in [6, 6.07) is 6.15. The lowest BCUT2D eigenvalue weighted by Gasteiger charge is -1.99. The van der Waals surface area contributed by atoms with Gasteiger partial charge >= 0.3 is 5.97 Å². The lowest BCUT2D eigenvalue weighted by atomic mass is 10.2. The van der Waals surface area contributed by atoms with Gasteiger partial charge in [-0.2, -0.15) is 0 Å². The number of amides is 1. The van der Waals surface area contributed by atoms with E-state index >= 15 is 0 Å². The number of hydrogen-bond donors (Lipinski definition) is 4. The van der Waals surface area contributed by atoms with E-state index in [2.05, 4.69) is 17.9 Å². The summed E-state index contributed by atoms with van der Waals surface area (Å²) in [5.74, 6) is -0.910. The Morgan fingerprint density at radius 2 is 1.64 bits per heavy atom. The smallest absolute Gasteiger partial charge is 0.333 e. The highest BCUT2D eigenvalue weighted by molar-refractivity contribution is 5.91. The third-order valence-electron chi connectivity index (χ3n) is 2.48. The van der Waals surface area contributed by atoms with Gasteiger partial charge in [0.2, 0.25) is 5.91 Å². The highest BCUT2D eigenvalue weighted by Gasteiger charge is 1.99. The molecular weight excluding hydrogens is 324 g/mol. The van der Waals surface area contributed by atoms with Gasteiger partial charge in [-0.3, -0.25) is 4.79 Å². The summed E-state index contributed by atoms with van der Waals surface area (Å²) < 4.78 is 4.59. The molecule has 140 valence electrons. The lowest BCUT2D eigenvalue weighted by Crippen LogP contribution is -2.13. The second-order valence-corrected chi connectivity index (χ2v) is 4.91. The number of rotatable bonds is 6. The molecule has 7 nitrogen and oxygen atoms in total. The normalized spacial score (nSPS) is 8.76. The molecule has 0 spiro atoms. The number of ether oxygens (including phenoxy) is 1. The number of primary amides is 1. The monoisotopic (exact) mass is 352 g/mol. The molecule has 0 bridgehead atoms. The van der Waals surface area contributed by atoms with Crippen LogP contribution in [0.3, 0.4) is 0 Å². The molecule has 25 heavy (non-hydrogen) atoms. The highest BCUT2D eigenvalue weighted by Crippen LogP contribution is 2.21. The number of benzene rings is 1. The Balaban J connectivity index is 0. The van der Waals surface area contributed by atoms with Crippen LogP contribution in [0.5, 0.6) is 11.5 Å². The average Bonchev–Trinajstić information content (AvgIpc) is 2.56. The van der Waals surface area contributed by atoms with Crippen molar-refractivity contribution in [1.29, 1.82) is 0 Å². The minimum Gasteiger partial charge on any atom is -0.504 e. The number of aromatic hydroxyl groups is 2. The van der Waals surface area contributed by atoms with Gasteiger partial charge in [-0.1, -0.05) is 38.6 Å². The Labute approximate surface area is 148 Å². The fourth-order valence-corrected chi connectivity index (χ4v) is 1.16. The summed E-state index contributed by atoms with van der Waals surface area (Å²) in [6.07, 6.45) is 1.65. The van der Waals surface area contributed by atoms with Gasteiger partial charge in [-0.25, -0.2) is 4.79 Å².